The summed E-state index contributed by atoms with van der Waals surface area (Å²) in [5.41, 5.74) is 0.809. The van der Waals surface area contributed by atoms with Crippen LogP contribution < -0.4 is 14.8 Å². The summed E-state index contributed by atoms with van der Waals surface area (Å²) in [7, 11) is -3.34. The predicted octanol–water partition coefficient (Wildman–Crippen LogP) is 2.65. The van der Waals surface area contributed by atoms with E-state index in [2.05, 4.69) is 24.1 Å². The minimum Gasteiger partial charge on any atom is -0.486 e. The molecule has 1 aliphatic heterocycles. The summed E-state index contributed by atoms with van der Waals surface area (Å²) < 4.78 is 35.0. The molecule has 7 heteroatoms. The van der Waals surface area contributed by atoms with Gasteiger partial charge in [0, 0.05) is 24.4 Å². The molecule has 1 N–H and O–H groups in total. The smallest absolute Gasteiger partial charge is 0.179 e. The summed E-state index contributed by atoms with van der Waals surface area (Å²) in [5, 5.41) is 3.18. The zero-order chi connectivity index (χ0) is 18.1. The van der Waals surface area contributed by atoms with E-state index in [1.165, 1.54) is 6.26 Å². The molecule has 0 saturated heterocycles. The summed E-state index contributed by atoms with van der Waals surface area (Å²) in [6, 6.07) is 9.07. The van der Waals surface area contributed by atoms with Crippen LogP contribution >= 0.6 is 0 Å². The molecule has 0 unspecified atom stereocenters. The van der Waals surface area contributed by atoms with Crippen molar-refractivity contribution in [2.24, 2.45) is 0 Å². The quantitative estimate of drug-likeness (QED) is 0.881. The van der Waals surface area contributed by atoms with Crippen molar-refractivity contribution >= 4 is 15.7 Å². The molecule has 1 aliphatic rings. The van der Waals surface area contributed by atoms with Gasteiger partial charge in [0.1, 0.15) is 23.9 Å². The van der Waals surface area contributed by atoms with Crippen molar-refractivity contribution in [3.63, 3.8) is 0 Å². The van der Waals surface area contributed by atoms with E-state index in [9.17, 15) is 8.42 Å². The van der Waals surface area contributed by atoms with E-state index >= 15 is 0 Å². The van der Waals surface area contributed by atoms with Crippen LogP contribution in [0.3, 0.4) is 0 Å². The number of nitrogens with zero attached hydrogens (tertiary/aromatic N) is 1. The lowest BCUT2D eigenvalue weighted by Crippen LogP contribution is -2.29. The molecular formula is C18H22N2O4S. The average Bonchev–Trinajstić information content (AvgIpc) is 2.59. The Bertz CT molecular complexity index is 878. The number of rotatable bonds is 5. The van der Waals surface area contributed by atoms with Gasteiger partial charge in [0.05, 0.1) is 0 Å². The van der Waals surface area contributed by atoms with Gasteiger partial charge < -0.3 is 14.8 Å². The number of ether oxygens (including phenoxy) is 2. The lowest BCUT2D eigenvalue weighted by molar-refractivity contribution is 0.171. The van der Waals surface area contributed by atoms with Crippen LogP contribution in [0.15, 0.2) is 41.4 Å². The molecule has 0 atom stereocenters. The van der Waals surface area contributed by atoms with E-state index in [0.717, 1.165) is 17.1 Å². The van der Waals surface area contributed by atoms with E-state index in [1.54, 1.807) is 18.3 Å². The molecule has 1 aromatic heterocycles. The second-order valence-corrected chi connectivity index (χ2v) is 8.70. The topological polar surface area (TPSA) is 77.5 Å². The van der Waals surface area contributed by atoms with E-state index in [1.807, 2.05) is 18.2 Å². The third-order valence-electron chi connectivity index (χ3n) is 4.19. The highest BCUT2D eigenvalue weighted by Gasteiger charge is 2.24. The van der Waals surface area contributed by atoms with Gasteiger partial charge in [-0.1, -0.05) is 19.9 Å². The van der Waals surface area contributed by atoms with Crippen molar-refractivity contribution < 1.29 is 17.9 Å². The number of nitrogens with one attached hydrogen (secondary N) is 1. The van der Waals surface area contributed by atoms with Crippen LogP contribution in [0.1, 0.15) is 19.4 Å². The Morgan fingerprint density at radius 2 is 1.88 bits per heavy atom. The normalized spacial score (nSPS) is 14.2. The van der Waals surface area contributed by atoms with E-state index in [-0.39, 0.29) is 10.3 Å². The lowest BCUT2D eigenvalue weighted by Gasteiger charge is -2.28. The van der Waals surface area contributed by atoms with E-state index in [0.29, 0.717) is 25.6 Å². The van der Waals surface area contributed by atoms with Crippen LogP contribution in [-0.2, 0) is 15.3 Å². The Morgan fingerprint density at radius 3 is 2.60 bits per heavy atom. The van der Waals surface area contributed by atoms with Gasteiger partial charge in [-0.05, 0) is 29.8 Å². The van der Waals surface area contributed by atoms with Crippen LogP contribution in [0, 0.1) is 0 Å². The molecule has 1 aromatic carbocycles. The SMILES string of the molecule is CC(C)(CNc1ncccc1S(C)(=O)=O)c1ccc2c(c1)OCCO2. The second kappa shape index (κ2) is 6.55. The highest BCUT2D eigenvalue weighted by Crippen LogP contribution is 2.35. The van der Waals surface area contributed by atoms with Gasteiger partial charge in [-0.2, -0.15) is 0 Å². The van der Waals surface area contributed by atoms with Crippen molar-refractivity contribution in [2.45, 2.75) is 24.2 Å². The molecule has 2 heterocycles. The van der Waals surface area contributed by atoms with Crippen LogP contribution in [-0.4, -0.2) is 39.4 Å². The van der Waals surface area contributed by atoms with Gasteiger partial charge in [-0.25, -0.2) is 13.4 Å². The number of benzene rings is 1. The number of fused-ring (bicyclic) bond motifs is 1. The Hall–Kier alpha value is -2.28. The van der Waals surface area contributed by atoms with Crippen molar-refractivity contribution in [3.8, 4) is 11.5 Å². The third kappa shape index (κ3) is 3.87. The van der Waals surface area contributed by atoms with Crippen LogP contribution in [0.5, 0.6) is 11.5 Å². The zero-order valence-electron chi connectivity index (χ0n) is 14.6. The average molecular weight is 362 g/mol. The molecule has 2 aromatic rings. The summed E-state index contributed by atoms with van der Waals surface area (Å²) in [6.07, 6.45) is 2.76. The standard InChI is InChI=1S/C18H22N2O4S/c1-18(2,13-6-7-14-15(11-13)24-10-9-23-14)12-20-17-16(25(3,21)22)5-4-8-19-17/h4-8,11H,9-10,12H2,1-3H3,(H,19,20). The summed E-state index contributed by atoms with van der Waals surface area (Å²) in [5.74, 6) is 1.87. The summed E-state index contributed by atoms with van der Waals surface area (Å²) in [4.78, 5) is 4.38. The molecule has 0 amide bonds. The van der Waals surface area contributed by atoms with Gasteiger partial charge in [0.2, 0.25) is 0 Å². The first-order chi connectivity index (χ1) is 11.8. The molecule has 0 radical (unpaired) electrons. The molecule has 0 saturated carbocycles. The van der Waals surface area contributed by atoms with Gasteiger partial charge in [0.25, 0.3) is 0 Å². The van der Waals surface area contributed by atoms with Crippen LogP contribution in [0.2, 0.25) is 0 Å². The summed E-state index contributed by atoms with van der Waals surface area (Å²) >= 11 is 0. The first-order valence-corrected chi connectivity index (χ1v) is 9.96. The fourth-order valence-electron chi connectivity index (χ4n) is 2.69. The Labute approximate surface area is 148 Å². The number of sulfone groups is 1. The molecular weight excluding hydrogens is 340 g/mol. The zero-order valence-corrected chi connectivity index (χ0v) is 15.4. The summed E-state index contributed by atoms with van der Waals surface area (Å²) in [6.45, 7) is 5.78. The maximum atomic E-state index is 11.9. The molecule has 6 nitrogen and oxygen atoms in total. The molecule has 0 bridgehead atoms. The maximum absolute atomic E-state index is 11.9. The molecule has 0 aliphatic carbocycles. The van der Waals surface area contributed by atoms with Crippen LogP contribution in [0.25, 0.3) is 0 Å². The fourth-order valence-corrected chi connectivity index (χ4v) is 3.50. The van der Waals surface area contributed by atoms with Crippen molar-refractivity contribution in [1.82, 2.24) is 4.98 Å². The van der Waals surface area contributed by atoms with E-state index in [4.69, 9.17) is 9.47 Å². The number of pyridine rings is 1. The maximum Gasteiger partial charge on any atom is 0.179 e. The first kappa shape index (κ1) is 17.5. The van der Waals surface area contributed by atoms with E-state index < -0.39 is 9.84 Å². The second-order valence-electron chi connectivity index (χ2n) is 6.72. The third-order valence-corrected chi connectivity index (χ3v) is 5.32. The van der Waals surface area contributed by atoms with Crippen LogP contribution in [0.4, 0.5) is 5.82 Å². The molecule has 0 fully saturated rings. The van der Waals surface area contributed by atoms with Gasteiger partial charge in [-0.15, -0.1) is 0 Å². The fraction of sp³-hybridized carbons (Fsp3) is 0.389. The minimum absolute atomic E-state index is 0.202. The Morgan fingerprint density at radius 1 is 1.16 bits per heavy atom. The van der Waals surface area contributed by atoms with Gasteiger partial charge in [-0.3, -0.25) is 0 Å². The Balaban J connectivity index is 1.81. The Kier molecular flexibility index (Phi) is 4.60. The largest absolute Gasteiger partial charge is 0.486 e. The highest BCUT2D eigenvalue weighted by molar-refractivity contribution is 7.90. The lowest BCUT2D eigenvalue weighted by atomic mass is 9.84. The highest BCUT2D eigenvalue weighted by atomic mass is 32.2. The predicted molar refractivity (Wildman–Crippen MR) is 96.3 cm³/mol. The molecule has 0 spiro atoms. The monoisotopic (exact) mass is 362 g/mol. The molecule has 25 heavy (non-hydrogen) atoms. The number of hydrogen-bond donors (Lipinski definition) is 1. The molecule has 3 rings (SSSR count). The minimum atomic E-state index is -3.34. The van der Waals surface area contributed by atoms with Gasteiger partial charge in [0.15, 0.2) is 21.3 Å². The van der Waals surface area contributed by atoms with Crippen molar-refractivity contribution in [3.05, 3.63) is 42.1 Å². The van der Waals surface area contributed by atoms with Crippen molar-refractivity contribution in [2.75, 3.05) is 31.3 Å². The first-order valence-electron chi connectivity index (χ1n) is 8.06. The van der Waals surface area contributed by atoms with Crippen molar-refractivity contribution in [1.29, 1.82) is 0 Å². The number of aromatic nitrogens is 1. The van der Waals surface area contributed by atoms with Gasteiger partial charge >= 0.3 is 0 Å². The number of hydrogen-bond acceptors (Lipinski definition) is 6. The molecule has 134 valence electrons. The number of anilines is 1.